The molecule has 1 aromatic rings. The number of rotatable bonds is 4. The van der Waals surface area contributed by atoms with Gasteiger partial charge in [0, 0.05) is 24.7 Å². The van der Waals surface area contributed by atoms with Crippen LogP contribution < -0.4 is 11.1 Å². The largest absolute Gasteiger partial charge is 0.383 e. The molecule has 0 aromatic carbocycles. The summed E-state index contributed by atoms with van der Waals surface area (Å²) in [5.41, 5.74) is 7.20. The third-order valence-corrected chi connectivity index (χ3v) is 2.36. The zero-order valence-electron chi connectivity index (χ0n) is 11.0. The van der Waals surface area contributed by atoms with Crippen molar-refractivity contribution in [1.82, 2.24) is 10.3 Å². The van der Waals surface area contributed by atoms with Crippen LogP contribution in [0.25, 0.3) is 0 Å². The van der Waals surface area contributed by atoms with Crippen LogP contribution in [0.15, 0.2) is 12.3 Å². The Balaban J connectivity index is 2.61. The lowest BCUT2D eigenvalue weighted by Crippen LogP contribution is -2.37. The Kier molecular flexibility index (Phi) is 4.23. The van der Waals surface area contributed by atoms with Crippen LogP contribution in [0.4, 0.5) is 5.82 Å². The summed E-state index contributed by atoms with van der Waals surface area (Å²) in [6.45, 7) is 8.76. The number of hydrogen-bond donors (Lipinski definition) is 2. The number of nitrogen functional groups attached to an aromatic ring is 1. The number of anilines is 1. The molecule has 0 aliphatic carbocycles. The van der Waals surface area contributed by atoms with Crippen molar-refractivity contribution in [3.8, 4) is 0 Å². The van der Waals surface area contributed by atoms with E-state index in [0.717, 1.165) is 5.56 Å². The van der Waals surface area contributed by atoms with Crippen LogP contribution in [-0.2, 0) is 0 Å². The van der Waals surface area contributed by atoms with Gasteiger partial charge in [-0.1, -0.05) is 0 Å². The van der Waals surface area contributed by atoms with Crippen LogP contribution in [0.2, 0.25) is 0 Å². The number of nitrogens with two attached hydrogens (primary N) is 1. The van der Waals surface area contributed by atoms with Gasteiger partial charge >= 0.3 is 0 Å². The Morgan fingerprint density at radius 1 is 1.47 bits per heavy atom. The topological polar surface area (TPSA) is 68.0 Å². The highest BCUT2D eigenvalue weighted by atomic mass is 16.1. The first-order valence-electron chi connectivity index (χ1n) is 5.80. The van der Waals surface area contributed by atoms with Gasteiger partial charge in [0.1, 0.15) is 5.82 Å². The molecule has 0 unspecified atom stereocenters. The molecular weight excluding hydrogens is 214 g/mol. The van der Waals surface area contributed by atoms with E-state index in [0.29, 0.717) is 24.3 Å². The molecule has 0 amide bonds. The van der Waals surface area contributed by atoms with E-state index in [9.17, 15) is 4.79 Å². The first kappa shape index (κ1) is 13.6. The third-order valence-electron chi connectivity index (χ3n) is 2.36. The highest BCUT2D eigenvalue weighted by molar-refractivity contribution is 6.00. The Hall–Kier alpha value is -1.42. The minimum atomic E-state index is 0.0245. The average molecular weight is 235 g/mol. The van der Waals surface area contributed by atoms with E-state index in [2.05, 4.69) is 31.1 Å². The predicted octanol–water partition coefficient (Wildman–Crippen LogP) is 1.93. The number of nitrogens with zero attached hydrogens (tertiary/aromatic N) is 1. The highest BCUT2D eigenvalue weighted by Gasteiger charge is 2.13. The summed E-state index contributed by atoms with van der Waals surface area (Å²) in [5.74, 6) is 0.354. The van der Waals surface area contributed by atoms with Crippen molar-refractivity contribution in [2.45, 2.75) is 39.7 Å². The number of pyridine rings is 1. The summed E-state index contributed by atoms with van der Waals surface area (Å²) in [5, 5.41) is 3.27. The van der Waals surface area contributed by atoms with Crippen molar-refractivity contribution in [2.24, 2.45) is 0 Å². The first-order valence-corrected chi connectivity index (χ1v) is 5.80. The zero-order valence-corrected chi connectivity index (χ0v) is 11.0. The molecule has 1 rings (SSSR count). The lowest BCUT2D eigenvalue weighted by atomic mass is 10.1. The summed E-state index contributed by atoms with van der Waals surface area (Å²) in [4.78, 5) is 15.9. The molecule has 0 saturated carbocycles. The van der Waals surface area contributed by atoms with Gasteiger partial charge in [0.25, 0.3) is 0 Å². The second-order valence-electron chi connectivity index (χ2n) is 5.30. The minimum absolute atomic E-state index is 0.0245. The summed E-state index contributed by atoms with van der Waals surface area (Å²) in [7, 11) is 0. The Morgan fingerprint density at radius 2 is 2.12 bits per heavy atom. The number of hydrogen-bond acceptors (Lipinski definition) is 4. The second kappa shape index (κ2) is 5.27. The number of carbonyl (C=O) groups excluding carboxylic acids is 1. The Morgan fingerprint density at radius 3 is 2.71 bits per heavy atom. The molecule has 0 spiro atoms. The third kappa shape index (κ3) is 4.53. The summed E-state index contributed by atoms with van der Waals surface area (Å²) in [6, 6.07) is 1.79. The van der Waals surface area contributed by atoms with Crippen molar-refractivity contribution >= 4 is 11.6 Å². The SMILES string of the molecule is Cc1cnc(N)c(C(=O)CCNC(C)(C)C)c1. The molecule has 0 bridgehead atoms. The van der Waals surface area contributed by atoms with Gasteiger partial charge in [-0.05, 0) is 39.3 Å². The molecule has 0 fully saturated rings. The van der Waals surface area contributed by atoms with Crippen molar-refractivity contribution in [2.75, 3.05) is 12.3 Å². The molecule has 0 aliphatic rings. The number of aryl methyl sites for hydroxylation is 1. The molecule has 17 heavy (non-hydrogen) atoms. The lowest BCUT2D eigenvalue weighted by Gasteiger charge is -2.20. The zero-order chi connectivity index (χ0) is 13.1. The summed E-state index contributed by atoms with van der Waals surface area (Å²) >= 11 is 0. The maximum absolute atomic E-state index is 11.9. The first-order chi connectivity index (χ1) is 7.79. The van der Waals surface area contributed by atoms with E-state index >= 15 is 0 Å². The van der Waals surface area contributed by atoms with E-state index in [1.165, 1.54) is 0 Å². The van der Waals surface area contributed by atoms with Gasteiger partial charge < -0.3 is 11.1 Å². The van der Waals surface area contributed by atoms with Crippen molar-refractivity contribution in [3.63, 3.8) is 0 Å². The van der Waals surface area contributed by atoms with Gasteiger partial charge in [-0.3, -0.25) is 4.79 Å². The number of aromatic nitrogens is 1. The number of nitrogens with one attached hydrogen (secondary N) is 1. The van der Waals surface area contributed by atoms with Crippen LogP contribution in [0.5, 0.6) is 0 Å². The van der Waals surface area contributed by atoms with E-state index in [-0.39, 0.29) is 11.3 Å². The van der Waals surface area contributed by atoms with Gasteiger partial charge in [-0.15, -0.1) is 0 Å². The molecule has 4 heteroatoms. The van der Waals surface area contributed by atoms with Crippen LogP contribution in [0.1, 0.15) is 43.1 Å². The fourth-order valence-electron chi connectivity index (χ4n) is 1.49. The van der Waals surface area contributed by atoms with Crippen LogP contribution in [0.3, 0.4) is 0 Å². The van der Waals surface area contributed by atoms with Gasteiger partial charge in [0.05, 0.1) is 5.56 Å². The van der Waals surface area contributed by atoms with Gasteiger partial charge in [-0.2, -0.15) is 0 Å². The van der Waals surface area contributed by atoms with E-state index in [1.54, 1.807) is 12.3 Å². The molecule has 0 atom stereocenters. The van der Waals surface area contributed by atoms with Crippen LogP contribution in [0, 0.1) is 6.92 Å². The quantitative estimate of drug-likeness (QED) is 0.782. The lowest BCUT2D eigenvalue weighted by molar-refractivity contribution is 0.0981. The molecule has 0 saturated heterocycles. The number of carbonyl (C=O) groups is 1. The molecule has 94 valence electrons. The van der Waals surface area contributed by atoms with Crippen LogP contribution >= 0.6 is 0 Å². The Labute approximate surface area is 103 Å². The summed E-state index contributed by atoms with van der Waals surface area (Å²) in [6.07, 6.45) is 2.10. The van der Waals surface area contributed by atoms with Crippen molar-refractivity contribution in [3.05, 3.63) is 23.4 Å². The summed E-state index contributed by atoms with van der Waals surface area (Å²) < 4.78 is 0. The molecule has 0 radical (unpaired) electrons. The molecule has 0 aliphatic heterocycles. The predicted molar refractivity (Wildman–Crippen MR) is 70.1 cm³/mol. The smallest absolute Gasteiger partial charge is 0.167 e. The molecule has 1 aromatic heterocycles. The fraction of sp³-hybridized carbons (Fsp3) is 0.538. The minimum Gasteiger partial charge on any atom is -0.383 e. The second-order valence-corrected chi connectivity index (χ2v) is 5.30. The Bertz CT molecular complexity index is 408. The standard InChI is InChI=1S/C13H21N3O/c1-9-7-10(12(14)15-8-9)11(17)5-6-16-13(2,3)4/h7-8,16H,5-6H2,1-4H3,(H2,14,15). The maximum atomic E-state index is 11.9. The van der Waals surface area contributed by atoms with Crippen LogP contribution in [-0.4, -0.2) is 22.9 Å². The fourth-order valence-corrected chi connectivity index (χ4v) is 1.49. The number of ketones is 1. The maximum Gasteiger partial charge on any atom is 0.167 e. The molecular formula is C13H21N3O. The van der Waals surface area contributed by atoms with E-state index < -0.39 is 0 Å². The van der Waals surface area contributed by atoms with Gasteiger partial charge in [0.15, 0.2) is 5.78 Å². The normalized spacial score (nSPS) is 11.5. The van der Waals surface area contributed by atoms with Gasteiger partial charge in [0.2, 0.25) is 0 Å². The van der Waals surface area contributed by atoms with Crippen molar-refractivity contribution < 1.29 is 4.79 Å². The molecule has 4 nitrogen and oxygen atoms in total. The monoisotopic (exact) mass is 235 g/mol. The average Bonchev–Trinajstić information content (AvgIpc) is 2.19. The van der Waals surface area contributed by atoms with E-state index in [4.69, 9.17) is 5.73 Å². The van der Waals surface area contributed by atoms with E-state index in [1.807, 2.05) is 6.92 Å². The number of Topliss-reactive ketones (excluding diaryl/α,β-unsaturated/α-hetero) is 1. The molecule has 3 N–H and O–H groups in total. The van der Waals surface area contributed by atoms with Crippen molar-refractivity contribution in [1.29, 1.82) is 0 Å². The highest BCUT2D eigenvalue weighted by Crippen LogP contribution is 2.12. The van der Waals surface area contributed by atoms with Gasteiger partial charge in [-0.25, -0.2) is 4.98 Å². The molecule has 1 heterocycles.